The molecule has 2 saturated heterocycles. The number of benzene rings is 2. The van der Waals surface area contributed by atoms with E-state index in [0.29, 0.717) is 12.1 Å². The minimum atomic E-state index is -0.102. The highest BCUT2D eigenvalue weighted by molar-refractivity contribution is 6.30. The van der Waals surface area contributed by atoms with Gasteiger partial charge in [0.05, 0.1) is 6.10 Å². The average Bonchev–Trinajstić information content (AvgIpc) is 2.90. The minimum absolute atomic E-state index is 0. The zero-order valence-corrected chi connectivity index (χ0v) is 18.1. The van der Waals surface area contributed by atoms with Gasteiger partial charge in [0, 0.05) is 28.7 Å². The molecule has 2 bridgehead atoms. The van der Waals surface area contributed by atoms with E-state index in [9.17, 15) is 0 Å². The predicted molar refractivity (Wildman–Crippen MR) is 120 cm³/mol. The molecule has 5 heteroatoms. The molecule has 2 aliphatic rings. The zero-order chi connectivity index (χ0) is 18.8. The molecule has 0 amide bonds. The zero-order valence-electron chi connectivity index (χ0n) is 15.8. The van der Waals surface area contributed by atoms with Gasteiger partial charge in [-0.2, -0.15) is 0 Å². The van der Waals surface area contributed by atoms with Gasteiger partial charge in [-0.05, 0) is 61.1 Å². The van der Waals surface area contributed by atoms with Crippen molar-refractivity contribution in [1.82, 2.24) is 4.90 Å². The van der Waals surface area contributed by atoms with Crippen LogP contribution in [0.3, 0.4) is 0 Å². The Hall–Kier alpha value is -1.03. The lowest BCUT2D eigenvalue weighted by atomic mass is 9.97. The topological polar surface area (TPSA) is 12.5 Å². The van der Waals surface area contributed by atoms with E-state index in [1.165, 1.54) is 12.8 Å². The number of halogens is 3. The van der Waals surface area contributed by atoms with Crippen LogP contribution in [0, 0.1) is 0 Å². The average molecular weight is 439 g/mol. The Bertz CT molecular complexity index is 718. The van der Waals surface area contributed by atoms with E-state index in [4.69, 9.17) is 27.9 Å². The summed E-state index contributed by atoms with van der Waals surface area (Å²) in [6.07, 6.45) is 6.89. The Labute approximate surface area is 183 Å². The molecule has 2 heterocycles. The first-order chi connectivity index (χ1) is 13.1. The molecule has 0 radical (unpaired) electrons. The van der Waals surface area contributed by atoms with Crippen molar-refractivity contribution in [3.05, 3.63) is 82.4 Å². The largest absolute Gasteiger partial charge is 0.365 e. The molecule has 0 spiro atoms. The Balaban J connectivity index is 0.00000225. The van der Waals surface area contributed by atoms with Crippen molar-refractivity contribution in [2.45, 2.75) is 50.0 Å². The van der Waals surface area contributed by atoms with Gasteiger partial charge in [0.25, 0.3) is 0 Å². The fourth-order valence-electron chi connectivity index (χ4n) is 4.60. The van der Waals surface area contributed by atoms with Crippen LogP contribution in [0.25, 0.3) is 0 Å². The number of rotatable bonds is 6. The third kappa shape index (κ3) is 4.75. The fraction of sp³-hybridized carbons (Fsp3) is 0.391. The van der Waals surface area contributed by atoms with Crippen molar-refractivity contribution in [3.63, 3.8) is 0 Å². The molecule has 2 unspecified atom stereocenters. The van der Waals surface area contributed by atoms with Crippen LogP contribution in [-0.4, -0.2) is 29.6 Å². The van der Waals surface area contributed by atoms with Crippen LogP contribution >= 0.6 is 35.6 Å². The molecule has 2 aromatic carbocycles. The van der Waals surface area contributed by atoms with Crippen LogP contribution in [0.4, 0.5) is 0 Å². The van der Waals surface area contributed by atoms with E-state index < -0.39 is 0 Å². The van der Waals surface area contributed by atoms with E-state index in [1.807, 2.05) is 30.3 Å². The van der Waals surface area contributed by atoms with Gasteiger partial charge in [0.2, 0.25) is 0 Å². The van der Waals surface area contributed by atoms with Gasteiger partial charge < -0.3 is 4.74 Å². The number of piperidine rings is 1. The molecule has 28 heavy (non-hydrogen) atoms. The Morgan fingerprint density at radius 1 is 0.929 bits per heavy atom. The van der Waals surface area contributed by atoms with Gasteiger partial charge in [0.1, 0.15) is 6.10 Å². The highest BCUT2D eigenvalue weighted by Gasteiger charge is 2.41. The van der Waals surface area contributed by atoms with Crippen LogP contribution in [0.1, 0.15) is 42.9 Å². The van der Waals surface area contributed by atoms with Crippen molar-refractivity contribution in [3.8, 4) is 0 Å². The summed E-state index contributed by atoms with van der Waals surface area (Å²) >= 11 is 12.2. The van der Waals surface area contributed by atoms with Crippen LogP contribution < -0.4 is 0 Å². The maximum absolute atomic E-state index is 6.71. The molecule has 2 atom stereocenters. The molecule has 0 saturated carbocycles. The third-order valence-electron chi connectivity index (χ3n) is 5.86. The van der Waals surface area contributed by atoms with Gasteiger partial charge in [-0.3, -0.25) is 4.90 Å². The standard InChI is InChI=1S/C23H25Cl2NO.ClH/c1-2-13-26-20-11-12-21(26)15-22(14-20)27-23(16-3-7-18(24)8-4-16)17-5-9-19(25)10-6-17;/h2-10,20-23H,1,11-15H2;1H. The number of hydrogen-bond donors (Lipinski definition) is 0. The number of nitrogens with zero attached hydrogens (tertiary/aromatic N) is 1. The van der Waals surface area contributed by atoms with Gasteiger partial charge in [-0.15, -0.1) is 19.0 Å². The molecule has 0 N–H and O–H groups in total. The van der Waals surface area contributed by atoms with Gasteiger partial charge >= 0.3 is 0 Å². The molecular formula is C23H26Cl3NO. The Morgan fingerprint density at radius 3 is 1.82 bits per heavy atom. The SMILES string of the molecule is C=CCN1C2CCC1CC(OC(c1ccc(Cl)cc1)c1ccc(Cl)cc1)C2.Cl. The van der Waals surface area contributed by atoms with E-state index in [-0.39, 0.29) is 24.6 Å². The molecule has 150 valence electrons. The minimum Gasteiger partial charge on any atom is -0.365 e. The molecule has 2 aromatic rings. The van der Waals surface area contributed by atoms with Crippen molar-refractivity contribution in [2.75, 3.05) is 6.54 Å². The molecule has 2 nitrogen and oxygen atoms in total. The van der Waals surface area contributed by atoms with Crippen LogP contribution in [0.5, 0.6) is 0 Å². The van der Waals surface area contributed by atoms with Crippen LogP contribution in [0.15, 0.2) is 61.2 Å². The van der Waals surface area contributed by atoms with E-state index in [0.717, 1.165) is 40.6 Å². The first-order valence-corrected chi connectivity index (χ1v) is 10.4. The monoisotopic (exact) mass is 437 g/mol. The molecule has 2 aliphatic heterocycles. The number of hydrogen-bond acceptors (Lipinski definition) is 2. The second-order valence-corrected chi connectivity index (χ2v) is 8.46. The van der Waals surface area contributed by atoms with E-state index in [2.05, 4.69) is 35.7 Å². The Morgan fingerprint density at radius 2 is 1.39 bits per heavy atom. The van der Waals surface area contributed by atoms with Crippen LogP contribution in [-0.2, 0) is 4.74 Å². The van der Waals surface area contributed by atoms with Crippen molar-refractivity contribution in [2.24, 2.45) is 0 Å². The lowest BCUT2D eigenvalue weighted by Crippen LogP contribution is -2.45. The molecule has 2 fully saturated rings. The lowest BCUT2D eigenvalue weighted by Gasteiger charge is -2.39. The fourth-order valence-corrected chi connectivity index (χ4v) is 4.85. The highest BCUT2D eigenvalue weighted by Crippen LogP contribution is 2.39. The highest BCUT2D eigenvalue weighted by atomic mass is 35.5. The predicted octanol–water partition coefficient (Wildman–Crippen LogP) is 6.70. The van der Waals surface area contributed by atoms with Gasteiger partial charge in [0.15, 0.2) is 0 Å². The first-order valence-electron chi connectivity index (χ1n) is 9.67. The van der Waals surface area contributed by atoms with Crippen molar-refractivity contribution < 1.29 is 4.74 Å². The van der Waals surface area contributed by atoms with Crippen molar-refractivity contribution >= 4 is 35.6 Å². The third-order valence-corrected chi connectivity index (χ3v) is 6.36. The second kappa shape index (κ2) is 9.65. The summed E-state index contributed by atoms with van der Waals surface area (Å²) in [7, 11) is 0. The smallest absolute Gasteiger partial charge is 0.108 e. The maximum atomic E-state index is 6.71. The van der Waals surface area contributed by atoms with E-state index in [1.54, 1.807) is 0 Å². The summed E-state index contributed by atoms with van der Waals surface area (Å²) in [6.45, 7) is 4.90. The lowest BCUT2D eigenvalue weighted by molar-refractivity contribution is -0.0457. The Kier molecular flexibility index (Phi) is 7.47. The van der Waals surface area contributed by atoms with Gasteiger partial charge in [-0.25, -0.2) is 0 Å². The summed E-state index contributed by atoms with van der Waals surface area (Å²) in [5.74, 6) is 0. The molecule has 4 rings (SSSR count). The molecular weight excluding hydrogens is 413 g/mol. The number of fused-ring (bicyclic) bond motifs is 2. The molecule has 0 aromatic heterocycles. The van der Waals surface area contributed by atoms with Crippen molar-refractivity contribution in [1.29, 1.82) is 0 Å². The summed E-state index contributed by atoms with van der Waals surface area (Å²) in [5.41, 5.74) is 2.25. The van der Waals surface area contributed by atoms with Gasteiger partial charge in [-0.1, -0.05) is 53.5 Å². The normalized spacial score (nSPS) is 24.2. The first kappa shape index (κ1) is 21.7. The van der Waals surface area contributed by atoms with Crippen LogP contribution in [0.2, 0.25) is 10.0 Å². The number of ether oxygens (including phenoxy) is 1. The summed E-state index contributed by atoms with van der Waals surface area (Å²) in [4.78, 5) is 2.60. The summed E-state index contributed by atoms with van der Waals surface area (Å²) < 4.78 is 6.71. The quantitative estimate of drug-likeness (QED) is 0.465. The maximum Gasteiger partial charge on any atom is 0.108 e. The molecule has 0 aliphatic carbocycles. The second-order valence-electron chi connectivity index (χ2n) is 7.58. The summed E-state index contributed by atoms with van der Waals surface area (Å²) in [6, 6.07) is 17.2. The van der Waals surface area contributed by atoms with E-state index >= 15 is 0 Å². The summed E-state index contributed by atoms with van der Waals surface area (Å²) in [5, 5.41) is 1.48.